The Morgan fingerprint density at radius 2 is 1.67 bits per heavy atom. The van der Waals surface area contributed by atoms with Crippen LogP contribution in [0.2, 0.25) is 0 Å². The average molecular weight is 543 g/mol. The van der Waals surface area contributed by atoms with E-state index in [0.29, 0.717) is 42.3 Å². The lowest BCUT2D eigenvalue weighted by atomic mass is 9.62. The number of aldehydes is 1. The first-order valence-electron chi connectivity index (χ1n) is 14.1. The topological polar surface area (TPSA) is 139 Å². The summed E-state index contributed by atoms with van der Waals surface area (Å²) in [4.78, 5) is 61.9. The number of ether oxygens (including phenoxy) is 1. The van der Waals surface area contributed by atoms with Crippen LogP contribution in [0.5, 0.6) is 5.75 Å². The van der Waals surface area contributed by atoms with E-state index >= 15 is 0 Å². The molecule has 39 heavy (non-hydrogen) atoms. The minimum absolute atomic E-state index is 0.0458. The third-order valence-electron chi connectivity index (χ3n) is 8.43. The number of ketones is 1. The second kappa shape index (κ2) is 14.2. The lowest BCUT2D eigenvalue weighted by Crippen LogP contribution is -2.47. The highest BCUT2D eigenvalue weighted by Gasteiger charge is 2.42. The van der Waals surface area contributed by atoms with Crippen LogP contribution in [0.3, 0.4) is 0 Å². The van der Waals surface area contributed by atoms with Crippen LogP contribution in [0, 0.1) is 29.6 Å². The van der Waals surface area contributed by atoms with E-state index < -0.39 is 24.5 Å². The lowest BCUT2D eigenvalue weighted by molar-refractivity contribution is -0.139. The smallest absolute Gasteiger partial charge is 0.305 e. The van der Waals surface area contributed by atoms with Gasteiger partial charge in [0.15, 0.2) is 5.78 Å². The number of rotatable bonds is 13. The quantitative estimate of drug-likeness (QED) is 0.322. The van der Waals surface area contributed by atoms with Crippen molar-refractivity contribution < 1.29 is 33.8 Å². The fourth-order valence-corrected chi connectivity index (χ4v) is 6.30. The molecule has 1 aromatic rings. The molecule has 2 amide bonds. The number of carboxylic acid groups (broad SMARTS) is 1. The van der Waals surface area contributed by atoms with Gasteiger partial charge in [-0.3, -0.25) is 19.2 Å². The summed E-state index contributed by atoms with van der Waals surface area (Å²) in [6.07, 6.45) is 6.76. The Morgan fingerprint density at radius 1 is 1.03 bits per heavy atom. The van der Waals surface area contributed by atoms with Crippen LogP contribution in [0.1, 0.15) is 82.0 Å². The van der Waals surface area contributed by atoms with Crippen LogP contribution in [0.25, 0.3) is 0 Å². The normalized spacial score (nSPS) is 24.1. The third-order valence-corrected chi connectivity index (χ3v) is 8.43. The summed E-state index contributed by atoms with van der Waals surface area (Å²) in [5.41, 5.74) is 0.438. The molecule has 1 aromatic carbocycles. The van der Waals surface area contributed by atoms with Crippen LogP contribution in [-0.2, 0) is 19.2 Å². The van der Waals surface area contributed by atoms with Gasteiger partial charge in [-0.2, -0.15) is 0 Å². The fraction of sp³-hybridized carbons (Fsp3) is 0.633. The van der Waals surface area contributed by atoms with E-state index in [0.717, 1.165) is 25.7 Å². The molecule has 0 aromatic heterocycles. The number of carbonyl (C=O) groups excluding carboxylic acids is 4. The Hall–Kier alpha value is -3.23. The Kier molecular flexibility index (Phi) is 11.1. The van der Waals surface area contributed by atoms with Crippen molar-refractivity contribution in [2.24, 2.45) is 29.6 Å². The van der Waals surface area contributed by atoms with E-state index in [9.17, 15) is 24.0 Å². The maximum absolute atomic E-state index is 13.4. The molecule has 9 nitrogen and oxygen atoms in total. The van der Waals surface area contributed by atoms with E-state index in [1.165, 1.54) is 6.42 Å². The number of benzene rings is 1. The predicted octanol–water partition coefficient (Wildman–Crippen LogP) is 3.79. The summed E-state index contributed by atoms with van der Waals surface area (Å²) in [7, 11) is 1.55. The van der Waals surface area contributed by atoms with Crippen molar-refractivity contribution >= 4 is 29.9 Å². The Bertz CT molecular complexity index is 1020. The molecule has 2 saturated carbocycles. The third kappa shape index (κ3) is 8.38. The summed E-state index contributed by atoms with van der Waals surface area (Å²) in [5.74, 6) is -0.812. The van der Waals surface area contributed by atoms with Gasteiger partial charge in [-0.1, -0.05) is 39.5 Å². The molecule has 5 unspecified atom stereocenters. The van der Waals surface area contributed by atoms with Crippen LogP contribution < -0.4 is 15.4 Å². The van der Waals surface area contributed by atoms with E-state index in [1.54, 1.807) is 31.4 Å². The number of carboxylic acids is 1. The van der Waals surface area contributed by atoms with Crippen molar-refractivity contribution in [3.8, 4) is 5.75 Å². The van der Waals surface area contributed by atoms with Crippen molar-refractivity contribution in [2.75, 3.05) is 7.11 Å². The molecule has 2 fully saturated rings. The zero-order valence-corrected chi connectivity index (χ0v) is 23.2. The lowest BCUT2D eigenvalue weighted by Gasteiger charge is -2.43. The van der Waals surface area contributed by atoms with E-state index in [1.807, 2.05) is 13.8 Å². The average Bonchev–Trinajstić information content (AvgIpc) is 2.93. The zero-order valence-electron chi connectivity index (χ0n) is 23.2. The first-order valence-corrected chi connectivity index (χ1v) is 14.1. The van der Waals surface area contributed by atoms with E-state index in [2.05, 4.69) is 10.6 Å². The van der Waals surface area contributed by atoms with E-state index in [-0.39, 0.29) is 41.8 Å². The molecule has 214 valence electrons. The Labute approximate surface area is 230 Å². The van der Waals surface area contributed by atoms with Crippen molar-refractivity contribution in [1.82, 2.24) is 10.6 Å². The number of Topliss-reactive ketones (excluding diaryl/α,β-unsaturated/α-hetero) is 1. The summed E-state index contributed by atoms with van der Waals surface area (Å²) in [6.45, 7) is 3.78. The molecule has 0 radical (unpaired) electrons. The van der Waals surface area contributed by atoms with Gasteiger partial charge in [0.2, 0.25) is 5.91 Å². The maximum Gasteiger partial charge on any atom is 0.305 e. The molecule has 9 heteroatoms. The van der Waals surface area contributed by atoms with Gasteiger partial charge in [0.25, 0.3) is 5.91 Å². The number of amides is 2. The molecule has 0 aliphatic heterocycles. The van der Waals surface area contributed by atoms with Gasteiger partial charge in [0.1, 0.15) is 12.0 Å². The molecule has 0 spiro atoms. The van der Waals surface area contributed by atoms with Gasteiger partial charge in [-0.25, -0.2) is 0 Å². The highest BCUT2D eigenvalue weighted by Crippen LogP contribution is 2.47. The Morgan fingerprint density at radius 3 is 2.23 bits per heavy atom. The van der Waals surface area contributed by atoms with Crippen LogP contribution in [0.15, 0.2) is 24.3 Å². The molecule has 0 heterocycles. The van der Waals surface area contributed by atoms with Gasteiger partial charge >= 0.3 is 5.97 Å². The van der Waals surface area contributed by atoms with Gasteiger partial charge in [0, 0.05) is 17.9 Å². The number of nitrogens with one attached hydrogen (secondary N) is 2. The molecular weight excluding hydrogens is 500 g/mol. The maximum atomic E-state index is 13.4. The van der Waals surface area contributed by atoms with Gasteiger partial charge in [-0.05, 0) is 67.2 Å². The van der Waals surface area contributed by atoms with E-state index in [4.69, 9.17) is 9.84 Å². The van der Waals surface area contributed by atoms with Crippen molar-refractivity contribution in [3.63, 3.8) is 0 Å². The number of hydrogen-bond acceptors (Lipinski definition) is 6. The van der Waals surface area contributed by atoms with Crippen molar-refractivity contribution in [3.05, 3.63) is 29.8 Å². The second-order valence-electron chi connectivity index (χ2n) is 11.4. The molecule has 3 N–H and O–H groups in total. The minimum atomic E-state index is -1.15. The molecular formula is C30H42N2O7. The number of hydrogen-bond donors (Lipinski definition) is 3. The number of aliphatic carboxylic acids is 1. The number of fused-ring (bicyclic) bond motifs is 1. The summed E-state index contributed by atoms with van der Waals surface area (Å²) in [6, 6.07) is 4.96. The van der Waals surface area contributed by atoms with Gasteiger partial charge < -0.3 is 25.3 Å². The van der Waals surface area contributed by atoms with Gasteiger partial charge in [-0.15, -0.1) is 0 Å². The molecule has 0 bridgehead atoms. The molecule has 0 saturated heterocycles. The molecule has 2 aliphatic rings. The molecule has 3 rings (SSSR count). The SMILES string of the molecule is COc1ccc(C(=O)NC(C(=O)CCC2CC3CCCCC3C[C@H]2C(=O)NC(C=O)CC(=O)O)C(C)C)cc1. The second-order valence-corrected chi connectivity index (χ2v) is 11.4. The van der Waals surface area contributed by atoms with Crippen molar-refractivity contribution in [2.45, 2.75) is 83.7 Å². The highest BCUT2D eigenvalue weighted by atomic mass is 16.5. The zero-order chi connectivity index (χ0) is 28.5. The summed E-state index contributed by atoms with van der Waals surface area (Å²) < 4.78 is 5.14. The number of carbonyl (C=O) groups is 5. The fourth-order valence-electron chi connectivity index (χ4n) is 6.30. The van der Waals surface area contributed by atoms with Crippen LogP contribution >= 0.6 is 0 Å². The summed E-state index contributed by atoms with van der Waals surface area (Å²) >= 11 is 0. The van der Waals surface area contributed by atoms with Gasteiger partial charge in [0.05, 0.1) is 25.6 Å². The predicted molar refractivity (Wildman–Crippen MR) is 145 cm³/mol. The minimum Gasteiger partial charge on any atom is -0.497 e. The van der Waals surface area contributed by atoms with Crippen molar-refractivity contribution in [1.29, 1.82) is 0 Å². The monoisotopic (exact) mass is 542 g/mol. The Balaban J connectivity index is 1.67. The standard InChI is InChI=1S/C30H42N2O7/c1-18(2)28(32-29(37)19-8-11-24(39-3)12-9-19)26(34)13-10-22-14-20-6-4-5-7-21(20)15-25(22)30(38)31-23(17-33)16-27(35)36/h8-9,11-12,17-18,20-23,25,28H,4-7,10,13-16H2,1-3H3,(H,31,38)(H,32,37)(H,35,36)/t20?,21?,22?,23?,25-,28?/m1/s1. The first-order chi connectivity index (χ1) is 18.6. The van der Waals surface area contributed by atoms with Crippen LogP contribution in [-0.4, -0.2) is 54.2 Å². The molecule has 6 atom stereocenters. The first kappa shape index (κ1) is 30.3. The highest BCUT2D eigenvalue weighted by molar-refractivity contribution is 5.98. The summed E-state index contributed by atoms with van der Waals surface area (Å²) in [5, 5.41) is 14.6. The largest absolute Gasteiger partial charge is 0.497 e. The number of methoxy groups -OCH3 is 1. The van der Waals surface area contributed by atoms with Crippen LogP contribution in [0.4, 0.5) is 0 Å². The molecule has 2 aliphatic carbocycles.